The smallest absolute Gasteiger partial charge is 0.0220 e. The molecule has 1 heterocycles. The first-order valence-electron chi connectivity index (χ1n) is 8.13. The molecule has 1 aliphatic heterocycles. The van der Waals surface area contributed by atoms with Gasteiger partial charge in [0.05, 0.1) is 0 Å². The summed E-state index contributed by atoms with van der Waals surface area (Å²) >= 11 is 0. The third-order valence-corrected chi connectivity index (χ3v) is 4.52. The molecule has 0 aromatic rings. The first-order chi connectivity index (χ1) is 8.69. The fraction of sp³-hybridized carbons (Fsp3) is 1.00. The molecule has 0 aliphatic carbocycles. The molecule has 0 radical (unpaired) electrons. The van der Waals surface area contributed by atoms with E-state index in [9.17, 15) is 0 Å². The van der Waals surface area contributed by atoms with Gasteiger partial charge >= 0.3 is 0 Å². The molecule has 18 heavy (non-hydrogen) atoms. The van der Waals surface area contributed by atoms with Crippen LogP contribution >= 0.6 is 0 Å². The Labute approximate surface area is 115 Å². The van der Waals surface area contributed by atoms with E-state index >= 15 is 0 Å². The Hall–Kier alpha value is -0.0800. The average Bonchev–Trinajstić information content (AvgIpc) is 2.60. The molecule has 0 bridgehead atoms. The van der Waals surface area contributed by atoms with Crippen LogP contribution in [-0.4, -0.2) is 37.1 Å². The summed E-state index contributed by atoms with van der Waals surface area (Å²) in [7, 11) is 0. The zero-order chi connectivity index (χ0) is 13.4. The van der Waals surface area contributed by atoms with Gasteiger partial charge in [0.2, 0.25) is 0 Å². The number of hydrogen-bond acceptors (Lipinski definition) is 2. The molecule has 1 rings (SSSR count). The van der Waals surface area contributed by atoms with Gasteiger partial charge < -0.3 is 5.32 Å². The lowest BCUT2D eigenvalue weighted by Crippen LogP contribution is -2.43. The van der Waals surface area contributed by atoms with Crippen LogP contribution in [0.15, 0.2) is 0 Å². The second-order valence-electron chi connectivity index (χ2n) is 6.22. The van der Waals surface area contributed by atoms with Gasteiger partial charge in [-0.15, -0.1) is 0 Å². The highest BCUT2D eigenvalue weighted by Crippen LogP contribution is 2.25. The van der Waals surface area contributed by atoms with Gasteiger partial charge in [0.1, 0.15) is 0 Å². The molecule has 0 amide bonds. The molecule has 1 aliphatic rings. The number of nitrogens with one attached hydrogen (secondary N) is 1. The molecule has 0 spiro atoms. The van der Waals surface area contributed by atoms with E-state index in [0.29, 0.717) is 0 Å². The molecule has 2 heteroatoms. The summed E-state index contributed by atoms with van der Waals surface area (Å²) in [5, 5.41) is 3.54. The summed E-state index contributed by atoms with van der Waals surface area (Å²) in [4.78, 5) is 2.76. The molecule has 0 saturated carbocycles. The Morgan fingerprint density at radius 1 is 1.17 bits per heavy atom. The van der Waals surface area contributed by atoms with Gasteiger partial charge in [0.25, 0.3) is 0 Å². The molecule has 2 unspecified atom stereocenters. The summed E-state index contributed by atoms with van der Waals surface area (Å²) < 4.78 is 0. The van der Waals surface area contributed by atoms with Gasteiger partial charge in [-0.05, 0) is 57.2 Å². The van der Waals surface area contributed by atoms with Crippen molar-refractivity contribution in [3.05, 3.63) is 0 Å². The lowest BCUT2D eigenvalue weighted by atomic mass is 9.89. The molecule has 108 valence electrons. The normalized spacial score (nSPS) is 24.2. The summed E-state index contributed by atoms with van der Waals surface area (Å²) in [6, 6.07) is 0.765. The maximum Gasteiger partial charge on any atom is 0.0220 e. The van der Waals surface area contributed by atoms with Crippen LogP contribution in [0.2, 0.25) is 0 Å². The van der Waals surface area contributed by atoms with Gasteiger partial charge in [-0.1, -0.05) is 34.1 Å². The monoisotopic (exact) mass is 254 g/mol. The third-order valence-electron chi connectivity index (χ3n) is 4.52. The van der Waals surface area contributed by atoms with Crippen molar-refractivity contribution in [2.75, 3.05) is 26.2 Å². The fourth-order valence-corrected chi connectivity index (χ4v) is 3.23. The van der Waals surface area contributed by atoms with E-state index in [-0.39, 0.29) is 0 Å². The first-order valence-corrected chi connectivity index (χ1v) is 8.13. The highest BCUT2D eigenvalue weighted by molar-refractivity contribution is 4.79. The number of nitrogens with zero attached hydrogens (tertiary/aromatic N) is 1. The minimum absolute atomic E-state index is 0.765. The molecular weight excluding hydrogens is 220 g/mol. The van der Waals surface area contributed by atoms with E-state index in [1.54, 1.807) is 0 Å². The van der Waals surface area contributed by atoms with Crippen molar-refractivity contribution in [1.82, 2.24) is 10.2 Å². The Kier molecular flexibility index (Phi) is 7.92. The Balaban J connectivity index is 2.46. The van der Waals surface area contributed by atoms with E-state index in [4.69, 9.17) is 0 Å². The van der Waals surface area contributed by atoms with E-state index in [1.807, 2.05) is 0 Å². The third kappa shape index (κ3) is 5.27. The van der Waals surface area contributed by atoms with Crippen LogP contribution in [0.4, 0.5) is 0 Å². The van der Waals surface area contributed by atoms with Gasteiger partial charge in [-0.2, -0.15) is 0 Å². The molecule has 1 fully saturated rings. The van der Waals surface area contributed by atoms with Crippen LogP contribution < -0.4 is 5.32 Å². The van der Waals surface area contributed by atoms with E-state index in [2.05, 4.69) is 37.9 Å². The molecular formula is C16H34N2. The number of likely N-dealkylation sites (N-methyl/N-ethyl adjacent to an activating group) is 1. The number of likely N-dealkylation sites (tertiary alicyclic amines) is 1. The topological polar surface area (TPSA) is 15.3 Å². The number of rotatable bonds is 7. The van der Waals surface area contributed by atoms with E-state index in [1.165, 1.54) is 51.7 Å². The molecule has 0 aromatic carbocycles. The Morgan fingerprint density at radius 2 is 1.94 bits per heavy atom. The SMILES string of the molecule is CCCC(CNCC)N1CCCC(C(C)C)CC1. The lowest BCUT2D eigenvalue weighted by molar-refractivity contribution is 0.184. The summed E-state index contributed by atoms with van der Waals surface area (Å²) in [5.41, 5.74) is 0. The second-order valence-corrected chi connectivity index (χ2v) is 6.22. The lowest BCUT2D eigenvalue weighted by Gasteiger charge is -2.31. The van der Waals surface area contributed by atoms with Gasteiger partial charge in [0.15, 0.2) is 0 Å². The van der Waals surface area contributed by atoms with Crippen LogP contribution in [0, 0.1) is 11.8 Å². The molecule has 0 aromatic heterocycles. The van der Waals surface area contributed by atoms with Crippen LogP contribution in [0.5, 0.6) is 0 Å². The van der Waals surface area contributed by atoms with E-state index < -0.39 is 0 Å². The predicted octanol–water partition coefficient (Wildman–Crippen LogP) is 3.52. The Morgan fingerprint density at radius 3 is 2.56 bits per heavy atom. The zero-order valence-electron chi connectivity index (χ0n) is 13.0. The van der Waals surface area contributed by atoms with Crippen molar-refractivity contribution in [2.45, 2.75) is 65.8 Å². The standard InChI is InChI=1S/C16H34N2/c1-5-8-16(13-17-6-2)18-11-7-9-15(10-12-18)14(3)4/h14-17H,5-13H2,1-4H3. The minimum atomic E-state index is 0.765. The van der Waals surface area contributed by atoms with Crippen LogP contribution in [0.3, 0.4) is 0 Å². The first kappa shape index (κ1) is 16.0. The maximum absolute atomic E-state index is 3.54. The van der Waals surface area contributed by atoms with Crippen molar-refractivity contribution in [3.8, 4) is 0 Å². The van der Waals surface area contributed by atoms with Crippen molar-refractivity contribution >= 4 is 0 Å². The largest absolute Gasteiger partial charge is 0.315 e. The van der Waals surface area contributed by atoms with Crippen molar-refractivity contribution in [3.63, 3.8) is 0 Å². The predicted molar refractivity (Wildman–Crippen MR) is 81.0 cm³/mol. The van der Waals surface area contributed by atoms with Crippen molar-refractivity contribution in [2.24, 2.45) is 11.8 Å². The van der Waals surface area contributed by atoms with E-state index in [0.717, 1.165) is 24.4 Å². The zero-order valence-corrected chi connectivity index (χ0v) is 13.0. The summed E-state index contributed by atoms with van der Waals surface area (Å²) in [6.07, 6.45) is 6.90. The molecule has 1 N–H and O–H groups in total. The summed E-state index contributed by atoms with van der Waals surface area (Å²) in [5.74, 6) is 1.82. The highest BCUT2D eigenvalue weighted by Gasteiger charge is 2.23. The number of hydrogen-bond donors (Lipinski definition) is 1. The second kappa shape index (κ2) is 8.92. The molecule has 2 atom stereocenters. The van der Waals surface area contributed by atoms with Crippen molar-refractivity contribution < 1.29 is 0 Å². The van der Waals surface area contributed by atoms with Crippen LogP contribution in [0.1, 0.15) is 59.8 Å². The maximum atomic E-state index is 3.54. The van der Waals surface area contributed by atoms with Crippen molar-refractivity contribution in [1.29, 1.82) is 0 Å². The minimum Gasteiger partial charge on any atom is -0.315 e. The van der Waals surface area contributed by atoms with Crippen LogP contribution in [-0.2, 0) is 0 Å². The van der Waals surface area contributed by atoms with Crippen LogP contribution in [0.25, 0.3) is 0 Å². The molecule has 1 saturated heterocycles. The van der Waals surface area contributed by atoms with Gasteiger partial charge in [0, 0.05) is 12.6 Å². The highest BCUT2D eigenvalue weighted by atomic mass is 15.2. The quantitative estimate of drug-likeness (QED) is 0.748. The fourth-order valence-electron chi connectivity index (χ4n) is 3.23. The summed E-state index contributed by atoms with van der Waals surface area (Å²) in [6.45, 7) is 14.2. The molecule has 2 nitrogen and oxygen atoms in total. The average molecular weight is 254 g/mol. The van der Waals surface area contributed by atoms with Gasteiger partial charge in [-0.3, -0.25) is 4.90 Å². The Bertz CT molecular complexity index is 203. The van der Waals surface area contributed by atoms with Gasteiger partial charge in [-0.25, -0.2) is 0 Å².